The molecule has 0 saturated carbocycles. The third kappa shape index (κ3) is 6.83. The first kappa shape index (κ1) is 27.8. The lowest BCUT2D eigenvalue weighted by Crippen LogP contribution is -2.36. The number of imide groups is 1. The van der Waals surface area contributed by atoms with Crippen molar-refractivity contribution in [3.8, 4) is 5.75 Å². The number of amides is 3. The van der Waals surface area contributed by atoms with Crippen molar-refractivity contribution in [3.63, 3.8) is 0 Å². The molecule has 3 aromatic rings. The van der Waals surface area contributed by atoms with Crippen molar-refractivity contribution in [2.75, 3.05) is 29.9 Å². The summed E-state index contributed by atoms with van der Waals surface area (Å²) in [5.41, 5.74) is 2.28. The lowest BCUT2D eigenvalue weighted by molar-refractivity contribution is -0.127. The molecule has 3 amide bonds. The Morgan fingerprint density at radius 2 is 1.77 bits per heavy atom. The van der Waals surface area contributed by atoms with E-state index < -0.39 is 35.2 Å². The highest BCUT2D eigenvalue weighted by Gasteiger charge is 2.36. The molecule has 1 saturated heterocycles. The van der Waals surface area contributed by atoms with Crippen LogP contribution < -0.4 is 15.0 Å². The van der Waals surface area contributed by atoms with Gasteiger partial charge in [0.2, 0.25) is 5.91 Å². The Kier molecular flexibility index (Phi) is 8.98. The summed E-state index contributed by atoms with van der Waals surface area (Å²) in [6.45, 7) is 5.41. The molecule has 7 nitrogen and oxygen atoms in total. The van der Waals surface area contributed by atoms with Gasteiger partial charge in [-0.1, -0.05) is 30.3 Å². The van der Waals surface area contributed by atoms with Crippen LogP contribution in [0.1, 0.15) is 25.0 Å². The Balaban J connectivity index is 1.54. The van der Waals surface area contributed by atoms with Gasteiger partial charge in [0.1, 0.15) is 30.5 Å². The summed E-state index contributed by atoms with van der Waals surface area (Å²) in [6, 6.07) is 18.0. The number of ether oxygens (including phenoxy) is 1. The van der Waals surface area contributed by atoms with Gasteiger partial charge in [-0.15, -0.1) is 0 Å². The van der Waals surface area contributed by atoms with Crippen LogP contribution in [0.5, 0.6) is 5.75 Å². The standard InChI is InChI=1S/C29H27F2N3O4S/c1-3-33(4-2)22-12-10-20(25(16-22)38-18-19-8-6-5-7-9-19)14-26-28(36)34(29(37)39-26)17-27(35)32-24-13-11-21(30)15-23(24)31/h5-16H,3-4,17-18H2,1-2H3,(H,32,35)/b26-14+. The van der Waals surface area contributed by atoms with Crippen molar-refractivity contribution in [2.24, 2.45) is 0 Å². The van der Waals surface area contributed by atoms with E-state index in [2.05, 4.69) is 24.1 Å². The summed E-state index contributed by atoms with van der Waals surface area (Å²) in [7, 11) is 0. The maximum Gasteiger partial charge on any atom is 0.294 e. The molecular weight excluding hydrogens is 524 g/mol. The Labute approximate surface area is 229 Å². The molecule has 0 atom stereocenters. The van der Waals surface area contributed by atoms with E-state index in [1.807, 2.05) is 48.5 Å². The molecule has 1 fully saturated rings. The molecule has 0 radical (unpaired) electrons. The summed E-state index contributed by atoms with van der Waals surface area (Å²) in [6.07, 6.45) is 1.56. The van der Waals surface area contributed by atoms with Gasteiger partial charge in [0.25, 0.3) is 11.1 Å². The number of nitrogens with zero attached hydrogens (tertiary/aromatic N) is 2. The number of halogens is 2. The number of nitrogens with one attached hydrogen (secondary N) is 1. The zero-order valence-corrected chi connectivity index (χ0v) is 22.3. The highest BCUT2D eigenvalue weighted by Crippen LogP contribution is 2.35. The molecule has 0 aromatic heterocycles. The van der Waals surface area contributed by atoms with Crippen LogP contribution in [0.4, 0.5) is 25.0 Å². The van der Waals surface area contributed by atoms with Crippen molar-refractivity contribution in [1.29, 1.82) is 0 Å². The fourth-order valence-corrected chi connectivity index (χ4v) is 4.82. The van der Waals surface area contributed by atoms with Gasteiger partial charge in [-0.05, 0) is 61.5 Å². The molecule has 0 unspecified atom stereocenters. The van der Waals surface area contributed by atoms with Gasteiger partial charge in [-0.25, -0.2) is 8.78 Å². The molecule has 1 aliphatic heterocycles. The first-order valence-corrected chi connectivity index (χ1v) is 13.2. The van der Waals surface area contributed by atoms with Crippen LogP contribution in [-0.4, -0.2) is 41.6 Å². The second kappa shape index (κ2) is 12.6. The Hall–Kier alpha value is -4.18. The number of hydrogen-bond acceptors (Lipinski definition) is 6. The maximum atomic E-state index is 13.9. The van der Waals surface area contributed by atoms with Gasteiger partial charge in [0.05, 0.1) is 10.6 Å². The number of anilines is 2. The van der Waals surface area contributed by atoms with Crippen LogP contribution in [0.15, 0.2) is 71.6 Å². The van der Waals surface area contributed by atoms with Gasteiger partial charge < -0.3 is 15.0 Å². The average molecular weight is 552 g/mol. The van der Waals surface area contributed by atoms with Gasteiger partial charge in [-0.2, -0.15) is 0 Å². The summed E-state index contributed by atoms with van der Waals surface area (Å²) in [5.74, 6) is -2.66. The Morgan fingerprint density at radius 1 is 1.03 bits per heavy atom. The molecule has 10 heteroatoms. The fourth-order valence-electron chi connectivity index (χ4n) is 3.99. The first-order valence-electron chi connectivity index (χ1n) is 12.3. The van der Waals surface area contributed by atoms with Gasteiger partial charge >= 0.3 is 0 Å². The normalized spacial score (nSPS) is 14.2. The molecule has 202 valence electrons. The van der Waals surface area contributed by atoms with Crippen molar-refractivity contribution in [2.45, 2.75) is 20.5 Å². The van der Waals surface area contributed by atoms with E-state index in [-0.39, 0.29) is 10.6 Å². The molecular formula is C29H27F2N3O4S. The van der Waals surface area contributed by atoms with E-state index in [1.54, 1.807) is 6.08 Å². The summed E-state index contributed by atoms with van der Waals surface area (Å²) in [5, 5.41) is 1.63. The van der Waals surface area contributed by atoms with E-state index in [0.29, 0.717) is 35.7 Å². The fraction of sp³-hybridized carbons (Fsp3) is 0.207. The third-order valence-electron chi connectivity index (χ3n) is 6.03. The SMILES string of the molecule is CCN(CC)c1ccc(/C=C2/SC(=O)N(CC(=O)Nc3ccc(F)cc3F)C2=O)c(OCc2ccccc2)c1. The lowest BCUT2D eigenvalue weighted by atomic mass is 10.1. The van der Waals surface area contributed by atoms with Crippen LogP contribution in [0, 0.1) is 11.6 Å². The van der Waals surface area contributed by atoms with Crippen molar-refractivity contribution in [3.05, 3.63) is 94.4 Å². The zero-order chi connectivity index (χ0) is 27.9. The van der Waals surface area contributed by atoms with Crippen LogP contribution in [0.2, 0.25) is 0 Å². The molecule has 1 N–H and O–H groups in total. The zero-order valence-electron chi connectivity index (χ0n) is 21.4. The molecule has 0 aliphatic carbocycles. The smallest absolute Gasteiger partial charge is 0.294 e. The van der Waals surface area contributed by atoms with Crippen LogP contribution in [-0.2, 0) is 16.2 Å². The minimum Gasteiger partial charge on any atom is -0.488 e. The molecule has 0 bridgehead atoms. The van der Waals surface area contributed by atoms with Crippen LogP contribution in [0.25, 0.3) is 6.08 Å². The average Bonchev–Trinajstić information content (AvgIpc) is 3.18. The molecule has 3 aromatic carbocycles. The lowest BCUT2D eigenvalue weighted by Gasteiger charge is -2.22. The summed E-state index contributed by atoms with van der Waals surface area (Å²) in [4.78, 5) is 41.1. The number of rotatable bonds is 10. The van der Waals surface area contributed by atoms with Crippen molar-refractivity contribution >= 4 is 46.3 Å². The van der Waals surface area contributed by atoms with Gasteiger partial charge in [0.15, 0.2) is 0 Å². The third-order valence-corrected chi connectivity index (χ3v) is 6.94. The minimum atomic E-state index is -0.964. The van der Waals surface area contributed by atoms with Crippen LogP contribution in [0.3, 0.4) is 0 Å². The largest absolute Gasteiger partial charge is 0.488 e. The number of carbonyl (C=O) groups excluding carboxylic acids is 3. The summed E-state index contributed by atoms with van der Waals surface area (Å²) < 4.78 is 33.1. The highest BCUT2D eigenvalue weighted by atomic mass is 32.2. The predicted molar refractivity (Wildman–Crippen MR) is 148 cm³/mol. The highest BCUT2D eigenvalue weighted by molar-refractivity contribution is 8.18. The molecule has 39 heavy (non-hydrogen) atoms. The summed E-state index contributed by atoms with van der Waals surface area (Å²) >= 11 is 0.702. The number of hydrogen-bond donors (Lipinski definition) is 1. The Bertz CT molecular complexity index is 1410. The van der Waals surface area contributed by atoms with Crippen molar-refractivity contribution < 1.29 is 27.9 Å². The van der Waals surface area contributed by atoms with Gasteiger partial charge in [0, 0.05) is 36.5 Å². The van der Waals surface area contributed by atoms with Crippen molar-refractivity contribution in [1.82, 2.24) is 4.90 Å². The Morgan fingerprint density at radius 3 is 2.46 bits per heavy atom. The van der Waals surface area contributed by atoms with E-state index in [9.17, 15) is 23.2 Å². The van der Waals surface area contributed by atoms with Crippen LogP contribution >= 0.6 is 11.8 Å². The molecule has 0 spiro atoms. The van der Waals surface area contributed by atoms with Gasteiger partial charge in [-0.3, -0.25) is 19.3 Å². The molecule has 4 rings (SSSR count). The second-order valence-electron chi connectivity index (χ2n) is 8.61. The predicted octanol–water partition coefficient (Wildman–Crippen LogP) is 6.07. The number of benzene rings is 3. The van der Waals surface area contributed by atoms with E-state index in [0.717, 1.165) is 41.4 Å². The minimum absolute atomic E-state index is 0.126. The first-order chi connectivity index (χ1) is 18.8. The van der Waals surface area contributed by atoms with E-state index >= 15 is 0 Å². The molecule has 1 aliphatic rings. The topological polar surface area (TPSA) is 79.0 Å². The maximum absolute atomic E-state index is 13.9. The quantitative estimate of drug-likeness (QED) is 0.309. The van der Waals surface area contributed by atoms with E-state index in [1.165, 1.54) is 0 Å². The monoisotopic (exact) mass is 551 g/mol. The number of thioether (sulfide) groups is 1. The van der Waals surface area contributed by atoms with E-state index in [4.69, 9.17) is 4.74 Å². The second-order valence-corrected chi connectivity index (χ2v) is 9.60. The molecule has 1 heterocycles. The number of carbonyl (C=O) groups is 3.